The molecule has 1 amide bonds. The molecule has 0 saturated carbocycles. The highest BCUT2D eigenvalue weighted by Crippen LogP contribution is 2.21. The summed E-state index contributed by atoms with van der Waals surface area (Å²) in [6.45, 7) is 2.80. The van der Waals surface area contributed by atoms with Crippen molar-refractivity contribution in [2.24, 2.45) is 0 Å². The van der Waals surface area contributed by atoms with Crippen LogP contribution in [0.4, 0.5) is 0 Å². The summed E-state index contributed by atoms with van der Waals surface area (Å²) in [6, 6.07) is 7.41. The van der Waals surface area contributed by atoms with Gasteiger partial charge in [0, 0.05) is 19.3 Å². The molecule has 0 saturated heterocycles. The van der Waals surface area contributed by atoms with Gasteiger partial charge in [0.1, 0.15) is 0 Å². The zero-order valence-electron chi connectivity index (χ0n) is 15.3. The van der Waals surface area contributed by atoms with Crippen LogP contribution in [0, 0.1) is 0 Å². The lowest BCUT2D eigenvalue weighted by Crippen LogP contribution is -2.31. The summed E-state index contributed by atoms with van der Waals surface area (Å²) in [7, 11) is -1.29. The molecule has 2 heterocycles. The summed E-state index contributed by atoms with van der Waals surface area (Å²) >= 11 is 0. The largest absolute Gasteiger partial charge is 0.394 e. The minimum atomic E-state index is -3.29. The number of aliphatic hydroxyl groups excluding tert-OH is 1. The fraction of sp³-hybridized carbons (Fsp3) is 0.368. The number of hydrogen-bond donors (Lipinski definition) is 2. The molecule has 1 atom stereocenters. The number of benzene rings is 1. The molecule has 0 bridgehead atoms. The molecule has 1 aliphatic heterocycles. The van der Waals surface area contributed by atoms with Crippen LogP contribution in [0.2, 0.25) is 0 Å². The number of aromatic nitrogens is 1. The molecule has 0 spiro atoms. The lowest BCUT2D eigenvalue weighted by atomic mass is 10.1. The van der Waals surface area contributed by atoms with Gasteiger partial charge in [-0.1, -0.05) is 19.1 Å². The van der Waals surface area contributed by atoms with Gasteiger partial charge in [0.2, 0.25) is 0 Å². The first-order valence-corrected chi connectivity index (χ1v) is 10.4. The van der Waals surface area contributed by atoms with Gasteiger partial charge in [-0.15, -0.1) is 0 Å². The molecule has 1 aromatic heterocycles. The number of fused-ring (bicyclic) bond motifs is 1. The Kier molecular flexibility index (Phi) is 5.59. The summed E-state index contributed by atoms with van der Waals surface area (Å²) in [5, 5.41) is 12.5. The van der Waals surface area contributed by atoms with E-state index in [2.05, 4.69) is 15.2 Å². The summed E-state index contributed by atoms with van der Waals surface area (Å²) in [6.07, 6.45) is 1.54. The van der Waals surface area contributed by atoms with Gasteiger partial charge in [0.15, 0.2) is 9.84 Å². The van der Waals surface area contributed by atoms with Crippen LogP contribution < -0.4 is 5.32 Å². The first kappa shape index (κ1) is 19.5. The molecule has 144 valence electrons. The Hall–Kier alpha value is -2.29. The molecule has 3 rings (SSSR count). The first-order valence-electron chi connectivity index (χ1n) is 8.75. The number of amides is 1. The topological polar surface area (TPSA) is 99.6 Å². The van der Waals surface area contributed by atoms with E-state index in [0.717, 1.165) is 24.3 Å². The monoisotopic (exact) mass is 389 g/mol. The van der Waals surface area contributed by atoms with Crippen LogP contribution in [-0.2, 0) is 22.9 Å². The van der Waals surface area contributed by atoms with Gasteiger partial charge in [0.25, 0.3) is 5.91 Å². The molecule has 0 aliphatic carbocycles. The molecule has 2 aromatic rings. The molecular formula is C19H23N3O4S. The van der Waals surface area contributed by atoms with E-state index in [1.54, 1.807) is 25.3 Å². The second-order valence-corrected chi connectivity index (χ2v) is 8.96. The maximum Gasteiger partial charge on any atom is 0.253 e. The Labute approximate surface area is 159 Å². The van der Waals surface area contributed by atoms with Crippen LogP contribution in [-0.4, -0.2) is 48.7 Å². The SMILES string of the molecule is CCS(=O)(=O)c1ccc(C(CO)NC(=O)c2cnc3c(c2)CN(C)C3)cc1. The zero-order chi connectivity index (χ0) is 19.6. The predicted octanol–water partition coefficient (Wildman–Crippen LogP) is 1.28. The van der Waals surface area contributed by atoms with Crippen LogP contribution >= 0.6 is 0 Å². The number of carbonyl (C=O) groups excluding carboxylic acids is 1. The summed E-state index contributed by atoms with van der Waals surface area (Å²) < 4.78 is 23.8. The summed E-state index contributed by atoms with van der Waals surface area (Å²) in [5.41, 5.74) is 3.07. The minimum absolute atomic E-state index is 0.0209. The van der Waals surface area contributed by atoms with Crippen molar-refractivity contribution in [2.75, 3.05) is 19.4 Å². The van der Waals surface area contributed by atoms with E-state index in [9.17, 15) is 18.3 Å². The van der Waals surface area contributed by atoms with E-state index in [1.807, 2.05) is 13.1 Å². The fourth-order valence-corrected chi connectivity index (χ4v) is 3.98. The number of aliphatic hydroxyl groups is 1. The summed E-state index contributed by atoms with van der Waals surface area (Å²) in [4.78, 5) is 19.3. The number of hydrogen-bond acceptors (Lipinski definition) is 6. The minimum Gasteiger partial charge on any atom is -0.394 e. The molecule has 1 aliphatic rings. The van der Waals surface area contributed by atoms with Crippen molar-refractivity contribution in [2.45, 2.75) is 31.0 Å². The van der Waals surface area contributed by atoms with E-state index in [0.29, 0.717) is 11.1 Å². The third kappa shape index (κ3) is 4.18. The van der Waals surface area contributed by atoms with Gasteiger partial charge in [-0.3, -0.25) is 14.7 Å². The number of pyridine rings is 1. The Bertz CT molecular complexity index is 942. The third-order valence-corrected chi connectivity index (χ3v) is 6.44. The lowest BCUT2D eigenvalue weighted by Gasteiger charge is -2.17. The van der Waals surface area contributed by atoms with Crippen molar-refractivity contribution >= 4 is 15.7 Å². The third-order valence-electron chi connectivity index (χ3n) is 4.69. The molecule has 1 aromatic carbocycles. The molecule has 2 N–H and O–H groups in total. The number of sulfone groups is 1. The highest BCUT2D eigenvalue weighted by Gasteiger charge is 2.21. The lowest BCUT2D eigenvalue weighted by molar-refractivity contribution is 0.0915. The Morgan fingerprint density at radius 3 is 2.63 bits per heavy atom. The van der Waals surface area contributed by atoms with Crippen molar-refractivity contribution in [1.29, 1.82) is 0 Å². The number of rotatable bonds is 6. The molecule has 1 unspecified atom stereocenters. The second kappa shape index (κ2) is 7.75. The van der Waals surface area contributed by atoms with Gasteiger partial charge in [0.05, 0.1) is 34.6 Å². The maximum atomic E-state index is 12.6. The Balaban J connectivity index is 1.75. The first-order chi connectivity index (χ1) is 12.8. The van der Waals surface area contributed by atoms with E-state index >= 15 is 0 Å². The predicted molar refractivity (Wildman–Crippen MR) is 101 cm³/mol. The van der Waals surface area contributed by atoms with E-state index in [-0.39, 0.29) is 23.2 Å². The van der Waals surface area contributed by atoms with Crippen molar-refractivity contribution < 1.29 is 18.3 Å². The van der Waals surface area contributed by atoms with Gasteiger partial charge in [-0.05, 0) is 36.4 Å². The number of carbonyl (C=O) groups is 1. The van der Waals surface area contributed by atoms with Crippen molar-refractivity contribution in [3.05, 3.63) is 58.9 Å². The van der Waals surface area contributed by atoms with Crippen LogP contribution in [0.15, 0.2) is 41.4 Å². The van der Waals surface area contributed by atoms with Gasteiger partial charge >= 0.3 is 0 Å². The zero-order valence-corrected chi connectivity index (χ0v) is 16.2. The normalized spacial score (nSPS) is 15.4. The van der Waals surface area contributed by atoms with Gasteiger partial charge in [-0.25, -0.2) is 8.42 Å². The highest BCUT2D eigenvalue weighted by molar-refractivity contribution is 7.91. The Morgan fingerprint density at radius 2 is 2.00 bits per heavy atom. The van der Waals surface area contributed by atoms with E-state index in [1.165, 1.54) is 12.1 Å². The standard InChI is InChI=1S/C19H23N3O4S/c1-3-27(25,26)16-6-4-13(5-7-16)18(12-23)21-19(24)14-8-15-10-22(2)11-17(15)20-9-14/h4-9,18,23H,3,10-12H2,1-2H3,(H,21,24). The number of nitrogens with one attached hydrogen (secondary N) is 1. The van der Waals surface area contributed by atoms with Crippen LogP contribution in [0.5, 0.6) is 0 Å². The second-order valence-electron chi connectivity index (χ2n) is 6.68. The van der Waals surface area contributed by atoms with E-state index < -0.39 is 15.9 Å². The van der Waals surface area contributed by atoms with Crippen molar-refractivity contribution in [1.82, 2.24) is 15.2 Å². The fourth-order valence-electron chi connectivity index (χ4n) is 3.09. The smallest absolute Gasteiger partial charge is 0.253 e. The molecule has 0 fully saturated rings. The van der Waals surface area contributed by atoms with Gasteiger partial charge < -0.3 is 10.4 Å². The van der Waals surface area contributed by atoms with Crippen LogP contribution in [0.25, 0.3) is 0 Å². The molecule has 8 heteroatoms. The van der Waals surface area contributed by atoms with Crippen LogP contribution in [0.3, 0.4) is 0 Å². The van der Waals surface area contributed by atoms with Crippen molar-refractivity contribution in [3.63, 3.8) is 0 Å². The Morgan fingerprint density at radius 1 is 1.30 bits per heavy atom. The van der Waals surface area contributed by atoms with Crippen molar-refractivity contribution in [3.8, 4) is 0 Å². The molecule has 0 radical (unpaired) electrons. The number of nitrogens with zero attached hydrogens (tertiary/aromatic N) is 2. The van der Waals surface area contributed by atoms with Gasteiger partial charge in [-0.2, -0.15) is 0 Å². The molecule has 27 heavy (non-hydrogen) atoms. The van der Waals surface area contributed by atoms with Crippen LogP contribution in [0.1, 0.15) is 40.1 Å². The average molecular weight is 389 g/mol. The molecular weight excluding hydrogens is 366 g/mol. The molecule has 7 nitrogen and oxygen atoms in total. The highest BCUT2D eigenvalue weighted by atomic mass is 32.2. The maximum absolute atomic E-state index is 12.6. The quantitative estimate of drug-likeness (QED) is 0.772. The average Bonchev–Trinajstić information content (AvgIpc) is 3.05. The van der Waals surface area contributed by atoms with E-state index in [4.69, 9.17) is 0 Å². The summed E-state index contributed by atoms with van der Waals surface area (Å²) in [5.74, 6) is -0.309.